The van der Waals surface area contributed by atoms with Gasteiger partial charge in [-0.1, -0.05) is 65.2 Å². The molecule has 4 N–H and O–H groups in total. The lowest BCUT2D eigenvalue weighted by Crippen LogP contribution is -2.63. The molecule has 1 heterocycles. The number of esters is 1. The molecule has 5 fully saturated rings. The highest BCUT2D eigenvalue weighted by Gasteiger charge is 2.70. The largest absolute Gasteiger partial charge is 0.467 e. The first-order valence-electron chi connectivity index (χ1n) is 18.6. The Morgan fingerprint density at radius 2 is 1.55 bits per heavy atom. The SMILES string of the molecule is COC(=O)C(O)C(CC1CC1)NC(=O)[C@@H]1[C@@H]2C(CN1C(=O)[C@@H](NC(=O)NC1(CS(=O)(=O)C(C)(C)C)CCCCC1)C1CCCCC1)C2(C)C. The van der Waals surface area contributed by atoms with Crippen molar-refractivity contribution in [3.63, 3.8) is 0 Å². The Morgan fingerprint density at radius 1 is 0.939 bits per heavy atom. The molecule has 0 radical (unpaired) electrons. The van der Waals surface area contributed by atoms with E-state index < -0.39 is 62.3 Å². The summed E-state index contributed by atoms with van der Waals surface area (Å²) in [6, 6.07) is -3.07. The van der Waals surface area contributed by atoms with Gasteiger partial charge in [0.25, 0.3) is 0 Å². The van der Waals surface area contributed by atoms with Crippen molar-refractivity contribution < 1.29 is 37.4 Å². The maximum absolute atomic E-state index is 14.7. The maximum Gasteiger partial charge on any atom is 0.336 e. The molecular formula is C36H60N4O8S. The Labute approximate surface area is 292 Å². The predicted octanol–water partition coefficient (Wildman–Crippen LogP) is 3.45. The molecule has 0 spiro atoms. The van der Waals surface area contributed by atoms with Crippen molar-refractivity contribution in [1.29, 1.82) is 0 Å². The van der Waals surface area contributed by atoms with Crippen molar-refractivity contribution >= 4 is 33.7 Å². The molecule has 0 bridgehead atoms. The van der Waals surface area contributed by atoms with E-state index in [0.717, 1.165) is 64.2 Å². The minimum atomic E-state index is -3.55. The Morgan fingerprint density at radius 3 is 2.12 bits per heavy atom. The summed E-state index contributed by atoms with van der Waals surface area (Å²) in [7, 11) is -2.35. The van der Waals surface area contributed by atoms with Crippen LogP contribution in [0.25, 0.3) is 0 Å². The summed E-state index contributed by atoms with van der Waals surface area (Å²) in [6.07, 6.45) is 8.97. The van der Waals surface area contributed by atoms with E-state index in [1.165, 1.54) is 7.11 Å². The number of amides is 4. The number of rotatable bonds is 12. The number of carbonyl (C=O) groups excluding carboxylic acids is 4. The second kappa shape index (κ2) is 14.3. The number of hydrogen-bond acceptors (Lipinski definition) is 8. The van der Waals surface area contributed by atoms with Gasteiger partial charge < -0.3 is 30.7 Å². The van der Waals surface area contributed by atoms with Gasteiger partial charge in [0.2, 0.25) is 11.8 Å². The molecule has 0 aromatic carbocycles. The highest BCUT2D eigenvalue weighted by atomic mass is 32.2. The third-order valence-electron chi connectivity index (χ3n) is 12.5. The summed E-state index contributed by atoms with van der Waals surface area (Å²) in [6.45, 7) is 9.59. The molecule has 1 saturated heterocycles. The molecule has 3 unspecified atom stereocenters. The van der Waals surface area contributed by atoms with E-state index in [1.54, 1.807) is 25.7 Å². The number of aliphatic hydroxyl groups is 1. The van der Waals surface area contributed by atoms with Crippen LogP contribution in [0.15, 0.2) is 0 Å². The van der Waals surface area contributed by atoms with E-state index in [0.29, 0.717) is 31.7 Å². The summed E-state index contributed by atoms with van der Waals surface area (Å²) >= 11 is 0. The summed E-state index contributed by atoms with van der Waals surface area (Å²) in [5.74, 6) is -1.49. The van der Waals surface area contributed by atoms with Gasteiger partial charge in [0.05, 0.1) is 29.2 Å². The van der Waals surface area contributed by atoms with Gasteiger partial charge in [-0.05, 0) is 82.0 Å². The second-order valence-corrected chi connectivity index (χ2v) is 20.1. The Kier molecular flexibility index (Phi) is 11.0. The second-order valence-electron chi connectivity index (χ2n) is 17.3. The normalized spacial score (nSPS) is 28.4. The number of nitrogens with zero attached hydrogens (tertiary/aromatic N) is 1. The molecule has 0 aromatic rings. The fourth-order valence-corrected chi connectivity index (χ4v) is 10.4. The number of nitrogens with one attached hydrogen (secondary N) is 3. The summed E-state index contributed by atoms with van der Waals surface area (Å²) in [5.41, 5.74) is -1.09. The number of hydrogen-bond donors (Lipinski definition) is 4. The molecule has 0 aromatic heterocycles. The highest BCUT2D eigenvalue weighted by molar-refractivity contribution is 7.92. The van der Waals surface area contributed by atoms with Crippen LogP contribution >= 0.6 is 0 Å². The molecule has 1 aliphatic heterocycles. The first kappa shape index (κ1) is 37.8. The molecule has 278 valence electrons. The molecule has 4 saturated carbocycles. The fraction of sp³-hybridized carbons (Fsp3) is 0.889. The Balaban J connectivity index is 1.37. The van der Waals surface area contributed by atoms with Gasteiger partial charge in [0.15, 0.2) is 15.9 Å². The molecule has 5 rings (SSSR count). The van der Waals surface area contributed by atoms with E-state index >= 15 is 0 Å². The number of piperidine rings is 1. The summed E-state index contributed by atoms with van der Waals surface area (Å²) in [4.78, 5) is 56.6. The van der Waals surface area contributed by atoms with E-state index in [9.17, 15) is 32.7 Å². The zero-order valence-electron chi connectivity index (χ0n) is 30.4. The number of methoxy groups -OCH3 is 1. The van der Waals surface area contributed by atoms with Gasteiger partial charge in [-0.15, -0.1) is 0 Å². The smallest absolute Gasteiger partial charge is 0.336 e. The topological polar surface area (TPSA) is 171 Å². The first-order valence-corrected chi connectivity index (χ1v) is 20.2. The minimum absolute atomic E-state index is 0.0951. The van der Waals surface area contributed by atoms with Crippen LogP contribution in [0.2, 0.25) is 0 Å². The monoisotopic (exact) mass is 708 g/mol. The van der Waals surface area contributed by atoms with Crippen LogP contribution in [-0.4, -0.2) is 96.2 Å². The maximum atomic E-state index is 14.7. The van der Waals surface area contributed by atoms with Gasteiger partial charge in [0, 0.05) is 6.54 Å². The predicted molar refractivity (Wildman–Crippen MR) is 185 cm³/mol. The van der Waals surface area contributed by atoms with Crippen molar-refractivity contribution in [2.75, 3.05) is 19.4 Å². The number of carbonyl (C=O) groups is 4. The number of aliphatic hydroxyl groups excluding tert-OH is 1. The van der Waals surface area contributed by atoms with E-state index in [4.69, 9.17) is 4.74 Å². The fourth-order valence-electron chi connectivity index (χ4n) is 8.91. The van der Waals surface area contributed by atoms with Crippen LogP contribution in [0, 0.1) is 29.1 Å². The number of ether oxygens (including phenoxy) is 1. The van der Waals surface area contributed by atoms with E-state index in [2.05, 4.69) is 29.8 Å². The standard InChI is InChI=1S/C36H60N4O8S/c1-34(2,3)49(46,47)21-36(17-11-8-12-18-36)39-33(45)38-27(23-13-9-7-10-14-23)31(43)40-20-24-26(35(24,4)5)28(40)30(42)37-25(19-22-15-16-22)29(41)32(44)48-6/h22-29,41H,7-21H2,1-6H3,(H,37,42)(H2,38,39,45)/t24?,25?,26-,27-,28-,29?/m0/s1. The number of fused-ring (bicyclic) bond motifs is 1. The quantitative estimate of drug-likeness (QED) is 0.224. The van der Waals surface area contributed by atoms with Crippen LogP contribution in [0.5, 0.6) is 0 Å². The molecule has 6 atom stereocenters. The lowest BCUT2D eigenvalue weighted by Gasteiger charge is -2.41. The van der Waals surface area contributed by atoms with Crippen LogP contribution in [-0.2, 0) is 29.0 Å². The lowest BCUT2D eigenvalue weighted by atomic mass is 9.82. The van der Waals surface area contributed by atoms with Crippen molar-refractivity contribution in [3.05, 3.63) is 0 Å². The molecule has 49 heavy (non-hydrogen) atoms. The van der Waals surface area contributed by atoms with Crippen LogP contribution < -0.4 is 16.0 Å². The van der Waals surface area contributed by atoms with Crippen molar-refractivity contribution in [2.24, 2.45) is 29.1 Å². The number of urea groups is 1. The van der Waals surface area contributed by atoms with Crippen molar-refractivity contribution in [3.8, 4) is 0 Å². The van der Waals surface area contributed by atoms with Gasteiger partial charge in [-0.2, -0.15) is 0 Å². The van der Waals surface area contributed by atoms with Crippen LogP contribution in [0.3, 0.4) is 0 Å². The van der Waals surface area contributed by atoms with Gasteiger partial charge in [0.1, 0.15) is 12.1 Å². The van der Waals surface area contributed by atoms with Crippen molar-refractivity contribution in [1.82, 2.24) is 20.9 Å². The average molecular weight is 709 g/mol. The zero-order chi connectivity index (χ0) is 35.9. The number of likely N-dealkylation sites (tertiary alicyclic amines) is 1. The summed E-state index contributed by atoms with van der Waals surface area (Å²) < 4.78 is 30.5. The van der Waals surface area contributed by atoms with E-state index in [-0.39, 0.29) is 34.8 Å². The van der Waals surface area contributed by atoms with Crippen molar-refractivity contribution in [2.45, 2.75) is 153 Å². The van der Waals surface area contributed by atoms with E-state index in [1.807, 2.05) is 0 Å². The third-order valence-corrected chi connectivity index (χ3v) is 15.3. The van der Waals surface area contributed by atoms with Gasteiger partial charge >= 0.3 is 12.0 Å². The molecular weight excluding hydrogens is 648 g/mol. The molecule has 13 heteroatoms. The highest BCUT2D eigenvalue weighted by Crippen LogP contribution is 2.65. The van der Waals surface area contributed by atoms with Gasteiger partial charge in [-0.25, -0.2) is 18.0 Å². The minimum Gasteiger partial charge on any atom is -0.467 e. The number of sulfone groups is 1. The summed E-state index contributed by atoms with van der Waals surface area (Å²) in [5, 5.41) is 19.8. The van der Waals surface area contributed by atoms with Crippen LogP contribution in [0.4, 0.5) is 4.79 Å². The molecule has 4 amide bonds. The Bertz CT molecular complexity index is 1360. The Hall–Kier alpha value is -2.41. The molecule has 5 aliphatic rings. The zero-order valence-corrected chi connectivity index (χ0v) is 31.2. The third kappa shape index (κ3) is 8.23. The molecule has 4 aliphatic carbocycles. The van der Waals surface area contributed by atoms with Crippen LogP contribution in [0.1, 0.15) is 118 Å². The average Bonchev–Trinajstić information content (AvgIpc) is 3.89. The molecule has 12 nitrogen and oxygen atoms in total. The first-order chi connectivity index (χ1) is 22.9. The van der Waals surface area contributed by atoms with Gasteiger partial charge in [-0.3, -0.25) is 9.59 Å². The lowest BCUT2D eigenvalue weighted by molar-refractivity contribution is -0.153.